The van der Waals surface area contributed by atoms with Gasteiger partial charge in [0.2, 0.25) is 0 Å². The Labute approximate surface area is 59.5 Å². The number of nitrogens with one attached hydrogen (secondary N) is 2. The molecule has 2 N–H and O–H groups in total. The molecule has 0 rings (SSSR count). The Bertz CT molecular complexity index is 177. The van der Waals surface area contributed by atoms with Gasteiger partial charge in [-0.1, -0.05) is 0 Å². The molecule has 1 radical (unpaired) electrons. The molecule has 0 spiro atoms. The lowest BCUT2D eigenvalue weighted by Gasteiger charge is -2.04. The van der Waals surface area contributed by atoms with Crippen molar-refractivity contribution in [3.8, 4) is 0 Å². The molecule has 2 amide bonds. The van der Waals surface area contributed by atoms with Crippen LogP contribution in [-0.2, 0) is 9.59 Å². The van der Waals surface area contributed by atoms with Gasteiger partial charge in [0.25, 0.3) is 5.91 Å². The summed E-state index contributed by atoms with van der Waals surface area (Å²) in [6, 6.07) is 0. The quantitative estimate of drug-likeness (QED) is 0.603. The van der Waals surface area contributed by atoms with Crippen molar-refractivity contribution in [2.45, 2.75) is 6.18 Å². The molecule has 0 bridgehead atoms. The van der Waals surface area contributed by atoms with Crippen LogP contribution in [0.3, 0.4) is 0 Å². The molecule has 0 aromatic carbocycles. The lowest BCUT2D eigenvalue weighted by molar-refractivity contribution is -0.173. The van der Waals surface area contributed by atoms with Crippen LogP contribution in [-0.4, -0.2) is 24.5 Å². The average molecular weight is 169 g/mol. The second kappa shape index (κ2) is 3.22. The second-order valence-electron chi connectivity index (χ2n) is 1.60. The van der Waals surface area contributed by atoms with Gasteiger partial charge in [-0.15, -0.1) is 0 Å². The van der Waals surface area contributed by atoms with E-state index < -0.39 is 24.5 Å². The number of carbonyl (C=O) groups is 2. The van der Waals surface area contributed by atoms with Gasteiger partial charge in [0, 0.05) is 0 Å². The highest BCUT2D eigenvalue weighted by Gasteiger charge is 2.38. The van der Waals surface area contributed by atoms with Gasteiger partial charge in [-0.3, -0.25) is 15.3 Å². The Hall–Kier alpha value is -1.27. The maximum atomic E-state index is 11.3. The fourth-order valence-corrected chi connectivity index (χ4v) is 0.261. The first kappa shape index (κ1) is 9.73. The van der Waals surface area contributed by atoms with Gasteiger partial charge < -0.3 is 5.32 Å². The van der Waals surface area contributed by atoms with Crippen LogP contribution in [0.25, 0.3) is 0 Å². The zero-order chi connectivity index (χ0) is 9.07. The summed E-state index contributed by atoms with van der Waals surface area (Å²) in [4.78, 5) is 19.7. The Morgan fingerprint density at radius 3 is 2.09 bits per heavy atom. The van der Waals surface area contributed by atoms with Crippen molar-refractivity contribution >= 4 is 11.8 Å². The highest BCUT2D eigenvalue weighted by Crippen LogP contribution is 2.13. The average Bonchev–Trinajstić information content (AvgIpc) is 1.80. The van der Waals surface area contributed by atoms with Gasteiger partial charge in [0.05, 0.1) is 6.54 Å². The van der Waals surface area contributed by atoms with E-state index in [1.54, 1.807) is 0 Å². The van der Waals surface area contributed by atoms with E-state index in [0.717, 1.165) is 0 Å². The summed E-state index contributed by atoms with van der Waals surface area (Å²) >= 11 is 0. The van der Waals surface area contributed by atoms with Crippen LogP contribution in [0.4, 0.5) is 13.2 Å². The maximum Gasteiger partial charge on any atom is 0.471 e. The minimum atomic E-state index is -4.99. The third-order valence-electron chi connectivity index (χ3n) is 0.667. The molecule has 0 atom stereocenters. The van der Waals surface area contributed by atoms with Gasteiger partial charge >= 0.3 is 12.1 Å². The molecule has 11 heavy (non-hydrogen) atoms. The summed E-state index contributed by atoms with van der Waals surface area (Å²) in [7, 11) is 0. The molecule has 0 heterocycles. The molecule has 0 aliphatic rings. The molecule has 4 nitrogen and oxygen atoms in total. The molecular weight excluding hydrogens is 165 g/mol. The van der Waals surface area contributed by atoms with E-state index in [4.69, 9.17) is 5.73 Å². The SMILES string of the molecule is [NH]C(=O)CNC(=O)C(F)(F)F. The highest BCUT2D eigenvalue weighted by atomic mass is 19.4. The fraction of sp³-hybridized carbons (Fsp3) is 0.500. The third-order valence-corrected chi connectivity index (χ3v) is 0.667. The number of halogens is 3. The van der Waals surface area contributed by atoms with Gasteiger partial charge in [-0.05, 0) is 0 Å². The molecule has 0 aliphatic carbocycles. The van der Waals surface area contributed by atoms with Gasteiger partial charge in [0.1, 0.15) is 0 Å². The molecule has 0 saturated carbocycles. The molecule has 0 unspecified atom stereocenters. The normalized spacial score (nSPS) is 10.8. The van der Waals surface area contributed by atoms with Crippen LogP contribution in [0.1, 0.15) is 0 Å². The van der Waals surface area contributed by atoms with Crippen molar-refractivity contribution in [1.82, 2.24) is 11.1 Å². The summed E-state index contributed by atoms with van der Waals surface area (Å²) in [5.74, 6) is -3.49. The maximum absolute atomic E-state index is 11.3. The number of hydrogen-bond donors (Lipinski definition) is 1. The van der Waals surface area contributed by atoms with Crippen molar-refractivity contribution in [1.29, 1.82) is 0 Å². The van der Waals surface area contributed by atoms with Crippen LogP contribution < -0.4 is 11.1 Å². The standard InChI is InChI=1S/C4H4F3N2O2/c5-4(6,7)3(11)9-1-2(8)10/h8H,1H2,(H,9,11). The molecular formula is C4H4F3N2O2. The highest BCUT2D eigenvalue weighted by molar-refractivity contribution is 5.86. The molecule has 0 aromatic rings. The number of amides is 2. The first-order valence-corrected chi connectivity index (χ1v) is 2.43. The topological polar surface area (TPSA) is 70.0 Å². The van der Waals surface area contributed by atoms with E-state index in [-0.39, 0.29) is 0 Å². The molecule has 0 saturated heterocycles. The largest absolute Gasteiger partial charge is 0.471 e. The number of rotatable bonds is 2. The van der Waals surface area contributed by atoms with Crippen molar-refractivity contribution in [3.05, 3.63) is 0 Å². The zero-order valence-electron chi connectivity index (χ0n) is 5.16. The van der Waals surface area contributed by atoms with Crippen LogP contribution >= 0.6 is 0 Å². The van der Waals surface area contributed by atoms with E-state index in [0.29, 0.717) is 0 Å². The number of alkyl halides is 3. The Morgan fingerprint density at radius 1 is 1.36 bits per heavy atom. The van der Waals surface area contributed by atoms with E-state index in [2.05, 4.69) is 0 Å². The molecule has 0 fully saturated rings. The summed E-state index contributed by atoms with van der Waals surface area (Å²) < 4.78 is 33.9. The first-order valence-electron chi connectivity index (χ1n) is 2.43. The van der Waals surface area contributed by atoms with Gasteiger partial charge in [-0.25, -0.2) is 0 Å². The fourth-order valence-electron chi connectivity index (χ4n) is 0.261. The summed E-state index contributed by atoms with van der Waals surface area (Å²) in [6.07, 6.45) is -4.99. The smallest absolute Gasteiger partial charge is 0.339 e. The Morgan fingerprint density at radius 2 is 1.82 bits per heavy atom. The van der Waals surface area contributed by atoms with E-state index in [1.807, 2.05) is 0 Å². The van der Waals surface area contributed by atoms with Crippen molar-refractivity contribution in [3.63, 3.8) is 0 Å². The predicted molar refractivity (Wildman–Crippen MR) is 27.2 cm³/mol. The Balaban J connectivity index is 3.80. The summed E-state index contributed by atoms with van der Waals surface area (Å²) in [5, 5.41) is 1.22. The van der Waals surface area contributed by atoms with E-state index in [9.17, 15) is 22.8 Å². The van der Waals surface area contributed by atoms with Crippen molar-refractivity contribution in [2.24, 2.45) is 0 Å². The van der Waals surface area contributed by atoms with Gasteiger partial charge in [0.15, 0.2) is 0 Å². The molecule has 63 valence electrons. The van der Waals surface area contributed by atoms with Crippen LogP contribution in [0.5, 0.6) is 0 Å². The van der Waals surface area contributed by atoms with E-state index >= 15 is 0 Å². The van der Waals surface area contributed by atoms with Crippen LogP contribution in [0, 0.1) is 0 Å². The first-order chi connectivity index (χ1) is 4.84. The summed E-state index contributed by atoms with van der Waals surface area (Å²) in [5.41, 5.74) is 6.15. The molecule has 0 aromatic heterocycles. The monoisotopic (exact) mass is 169 g/mol. The number of hydrogen-bond acceptors (Lipinski definition) is 2. The van der Waals surface area contributed by atoms with Crippen LogP contribution in [0.2, 0.25) is 0 Å². The molecule has 0 aliphatic heterocycles. The molecule has 7 heteroatoms. The minimum Gasteiger partial charge on any atom is -0.339 e. The minimum absolute atomic E-state index is 0.918. The third kappa shape index (κ3) is 4.18. The van der Waals surface area contributed by atoms with Gasteiger partial charge in [-0.2, -0.15) is 13.2 Å². The zero-order valence-corrected chi connectivity index (χ0v) is 5.16. The van der Waals surface area contributed by atoms with Crippen molar-refractivity contribution in [2.75, 3.05) is 6.54 Å². The second-order valence-corrected chi connectivity index (χ2v) is 1.60. The van der Waals surface area contributed by atoms with E-state index in [1.165, 1.54) is 5.32 Å². The summed E-state index contributed by atoms with van der Waals surface area (Å²) in [6.45, 7) is -0.918. The Kier molecular flexibility index (Phi) is 2.85. The van der Waals surface area contributed by atoms with Crippen LogP contribution in [0.15, 0.2) is 0 Å². The lowest BCUT2D eigenvalue weighted by Crippen LogP contribution is -2.39. The number of carbonyl (C=O) groups excluding carboxylic acids is 2. The lowest BCUT2D eigenvalue weighted by atomic mass is 10.5. The predicted octanol–water partition coefficient (Wildman–Crippen LogP) is -0.526. The van der Waals surface area contributed by atoms with Crippen molar-refractivity contribution < 1.29 is 22.8 Å².